The molecule has 4 rings (SSSR count). The van der Waals surface area contributed by atoms with Crippen molar-refractivity contribution in [3.05, 3.63) is 65.3 Å². The van der Waals surface area contributed by atoms with Gasteiger partial charge < -0.3 is 9.64 Å². The van der Waals surface area contributed by atoms with Crippen LogP contribution in [0.1, 0.15) is 28.9 Å². The molecule has 0 aliphatic carbocycles. The zero-order valence-electron chi connectivity index (χ0n) is 15.1. The molecule has 1 amide bonds. The number of amides is 1. The molecule has 0 N–H and O–H groups in total. The van der Waals surface area contributed by atoms with Crippen molar-refractivity contribution in [1.29, 1.82) is 5.26 Å². The first-order valence-corrected chi connectivity index (χ1v) is 9.94. The molecule has 1 aliphatic rings. The molecule has 1 aromatic carbocycles. The fraction of sp³-hybridized carbons (Fsp3) is 0.238. The number of benzene rings is 1. The Labute approximate surface area is 167 Å². The molecule has 0 unspecified atom stereocenters. The number of nitrogens with zero attached hydrogens (tertiary/aromatic N) is 4. The fourth-order valence-electron chi connectivity index (χ4n) is 3.11. The predicted molar refractivity (Wildman–Crippen MR) is 106 cm³/mol. The Morgan fingerprint density at radius 2 is 1.96 bits per heavy atom. The molecule has 1 saturated heterocycles. The van der Waals surface area contributed by atoms with Gasteiger partial charge in [0.05, 0.1) is 5.56 Å². The van der Waals surface area contributed by atoms with Crippen LogP contribution < -0.4 is 4.74 Å². The van der Waals surface area contributed by atoms with E-state index in [4.69, 9.17) is 10.00 Å². The molecule has 0 radical (unpaired) electrons. The molecule has 0 atom stereocenters. The summed E-state index contributed by atoms with van der Waals surface area (Å²) in [4.78, 5) is 23.3. The first kappa shape index (κ1) is 18.1. The van der Waals surface area contributed by atoms with Gasteiger partial charge in [0.2, 0.25) is 5.88 Å². The lowest BCUT2D eigenvalue weighted by Crippen LogP contribution is -2.42. The van der Waals surface area contributed by atoms with Gasteiger partial charge in [-0.3, -0.25) is 4.79 Å². The standard InChI is InChI=1S/C21H18N4O2S/c22-12-15-6-7-19(23-13-15)27-17-8-10-25(11-9-17)21(26)18-14-28-20(24-18)16-4-2-1-3-5-16/h1-7,13-14,17H,8-11H2. The van der Waals surface area contributed by atoms with E-state index in [2.05, 4.69) is 9.97 Å². The van der Waals surface area contributed by atoms with Gasteiger partial charge >= 0.3 is 0 Å². The number of rotatable bonds is 4. The summed E-state index contributed by atoms with van der Waals surface area (Å²) in [6, 6.07) is 15.3. The molecule has 28 heavy (non-hydrogen) atoms. The van der Waals surface area contributed by atoms with Gasteiger partial charge in [-0.15, -0.1) is 11.3 Å². The van der Waals surface area contributed by atoms with E-state index < -0.39 is 0 Å². The maximum atomic E-state index is 12.8. The third-order valence-corrected chi connectivity index (χ3v) is 5.52. The van der Waals surface area contributed by atoms with Crippen molar-refractivity contribution in [3.63, 3.8) is 0 Å². The van der Waals surface area contributed by atoms with Crippen LogP contribution in [0.3, 0.4) is 0 Å². The second-order valence-electron chi connectivity index (χ2n) is 6.51. The highest BCUT2D eigenvalue weighted by molar-refractivity contribution is 7.13. The summed E-state index contributed by atoms with van der Waals surface area (Å²) >= 11 is 1.49. The van der Waals surface area contributed by atoms with Crippen molar-refractivity contribution in [2.45, 2.75) is 18.9 Å². The first-order chi connectivity index (χ1) is 13.7. The van der Waals surface area contributed by atoms with Crippen molar-refractivity contribution in [2.75, 3.05) is 13.1 Å². The van der Waals surface area contributed by atoms with Crippen LogP contribution in [-0.2, 0) is 0 Å². The topological polar surface area (TPSA) is 79.1 Å². The van der Waals surface area contributed by atoms with Gasteiger partial charge in [-0.25, -0.2) is 9.97 Å². The Morgan fingerprint density at radius 3 is 2.64 bits per heavy atom. The number of thiazole rings is 1. The number of carbonyl (C=O) groups excluding carboxylic acids is 1. The molecular formula is C21H18N4O2S. The van der Waals surface area contributed by atoms with Crippen molar-refractivity contribution in [2.24, 2.45) is 0 Å². The monoisotopic (exact) mass is 390 g/mol. The normalized spacial score (nSPS) is 14.5. The average molecular weight is 390 g/mol. The highest BCUT2D eigenvalue weighted by Gasteiger charge is 2.26. The minimum absolute atomic E-state index is 0.0137. The number of aromatic nitrogens is 2. The van der Waals surface area contributed by atoms with Gasteiger partial charge in [0.1, 0.15) is 22.9 Å². The number of hydrogen-bond donors (Lipinski definition) is 0. The van der Waals surface area contributed by atoms with Crippen LogP contribution in [-0.4, -0.2) is 40.0 Å². The zero-order valence-corrected chi connectivity index (χ0v) is 15.9. The quantitative estimate of drug-likeness (QED) is 0.678. The Hall–Kier alpha value is -3.24. The number of piperidine rings is 1. The minimum atomic E-state index is -0.0339. The lowest BCUT2D eigenvalue weighted by molar-refractivity contribution is 0.0583. The molecule has 1 aliphatic heterocycles. The summed E-state index contributed by atoms with van der Waals surface area (Å²) in [7, 11) is 0. The van der Waals surface area contributed by atoms with Crippen LogP contribution in [0, 0.1) is 11.3 Å². The van der Waals surface area contributed by atoms with Crippen LogP contribution in [0.2, 0.25) is 0 Å². The SMILES string of the molecule is N#Cc1ccc(OC2CCN(C(=O)c3csc(-c4ccccc4)n3)CC2)nc1. The van der Waals surface area contributed by atoms with E-state index in [0.29, 0.717) is 30.2 Å². The van der Waals surface area contributed by atoms with E-state index in [1.54, 1.807) is 12.1 Å². The number of likely N-dealkylation sites (tertiary alicyclic amines) is 1. The van der Waals surface area contributed by atoms with E-state index in [1.165, 1.54) is 17.5 Å². The highest BCUT2D eigenvalue weighted by Crippen LogP contribution is 2.25. The third kappa shape index (κ3) is 4.02. The lowest BCUT2D eigenvalue weighted by atomic mass is 10.1. The Kier molecular flexibility index (Phi) is 5.31. The van der Waals surface area contributed by atoms with Crippen molar-refractivity contribution >= 4 is 17.2 Å². The lowest BCUT2D eigenvalue weighted by Gasteiger charge is -2.31. The molecule has 1 fully saturated rings. The van der Waals surface area contributed by atoms with Crippen LogP contribution in [0.25, 0.3) is 10.6 Å². The zero-order chi connectivity index (χ0) is 19.3. The second kappa shape index (κ2) is 8.19. The average Bonchev–Trinajstić information content (AvgIpc) is 3.25. The molecule has 0 bridgehead atoms. The molecule has 0 saturated carbocycles. The van der Waals surface area contributed by atoms with Gasteiger partial charge in [0.25, 0.3) is 5.91 Å². The number of nitriles is 1. The van der Waals surface area contributed by atoms with E-state index in [-0.39, 0.29) is 12.0 Å². The maximum absolute atomic E-state index is 12.8. The smallest absolute Gasteiger partial charge is 0.273 e. The molecule has 0 spiro atoms. The summed E-state index contributed by atoms with van der Waals surface area (Å²) in [5.41, 5.74) is 2.02. The minimum Gasteiger partial charge on any atom is -0.474 e. The van der Waals surface area contributed by atoms with Gasteiger partial charge in [-0.2, -0.15) is 5.26 Å². The van der Waals surface area contributed by atoms with E-state index in [1.807, 2.05) is 46.7 Å². The third-order valence-electron chi connectivity index (χ3n) is 4.63. The fourth-order valence-corrected chi connectivity index (χ4v) is 3.91. The van der Waals surface area contributed by atoms with E-state index in [0.717, 1.165) is 23.4 Å². The van der Waals surface area contributed by atoms with Crippen molar-refractivity contribution in [1.82, 2.24) is 14.9 Å². The second-order valence-corrected chi connectivity index (χ2v) is 7.37. The first-order valence-electron chi connectivity index (χ1n) is 9.06. The van der Waals surface area contributed by atoms with Gasteiger partial charge in [0, 0.05) is 49.1 Å². The number of ether oxygens (including phenoxy) is 1. The summed E-state index contributed by atoms with van der Waals surface area (Å²) in [6.07, 6.45) is 2.99. The molecular weight excluding hydrogens is 372 g/mol. The largest absolute Gasteiger partial charge is 0.474 e. The van der Waals surface area contributed by atoms with Crippen LogP contribution in [0.4, 0.5) is 0 Å². The van der Waals surface area contributed by atoms with Crippen LogP contribution in [0.15, 0.2) is 54.0 Å². The molecule has 140 valence electrons. The number of carbonyl (C=O) groups is 1. The Morgan fingerprint density at radius 1 is 1.18 bits per heavy atom. The molecule has 3 aromatic rings. The van der Waals surface area contributed by atoms with Crippen LogP contribution in [0.5, 0.6) is 5.88 Å². The summed E-state index contributed by atoms with van der Waals surface area (Å²) in [5, 5.41) is 11.5. The van der Waals surface area contributed by atoms with E-state index >= 15 is 0 Å². The number of pyridine rings is 1. The summed E-state index contributed by atoms with van der Waals surface area (Å²) < 4.78 is 5.88. The summed E-state index contributed by atoms with van der Waals surface area (Å²) in [6.45, 7) is 1.25. The predicted octanol–water partition coefficient (Wildman–Crippen LogP) is 3.76. The molecule has 3 heterocycles. The molecule has 7 heteroatoms. The van der Waals surface area contributed by atoms with Gasteiger partial charge in [0.15, 0.2) is 0 Å². The van der Waals surface area contributed by atoms with Gasteiger partial charge in [-0.05, 0) is 6.07 Å². The molecule has 2 aromatic heterocycles. The highest BCUT2D eigenvalue weighted by atomic mass is 32.1. The van der Waals surface area contributed by atoms with Crippen LogP contribution >= 0.6 is 11.3 Å². The van der Waals surface area contributed by atoms with Crippen molar-refractivity contribution in [3.8, 4) is 22.5 Å². The Balaban J connectivity index is 1.34. The summed E-state index contributed by atoms with van der Waals surface area (Å²) in [5.74, 6) is 0.476. The van der Waals surface area contributed by atoms with Crippen molar-refractivity contribution < 1.29 is 9.53 Å². The Bertz CT molecular complexity index is 987. The van der Waals surface area contributed by atoms with E-state index in [9.17, 15) is 4.79 Å². The van der Waals surface area contributed by atoms with Gasteiger partial charge in [-0.1, -0.05) is 30.3 Å². The number of hydrogen-bond acceptors (Lipinski definition) is 6. The molecule has 6 nitrogen and oxygen atoms in total. The maximum Gasteiger partial charge on any atom is 0.273 e.